The SMILES string of the molecule is CN[C@@H](C)C(=O)N[C@H](C(=O)N1CCC[C@H]1c1nc(C(=O)c2cccc(OCCOCCOCCOCCOCCNC(=O)O[C@H]3C[C@@H](C)C=C4C=C[C@H](C)[C@H](CC[C@@H]5C[C@@H](O[Si](C)(C)C(C)(C)C)CC(=O)O5)[C@H]43)c2)cs1)C1CCCCC1. The van der Waals surface area contributed by atoms with Gasteiger partial charge in [-0.15, -0.1) is 11.3 Å². The van der Waals surface area contributed by atoms with Gasteiger partial charge in [0.1, 0.15) is 41.3 Å². The molecule has 82 heavy (non-hydrogen) atoms. The van der Waals surface area contributed by atoms with Gasteiger partial charge in [-0.1, -0.05) is 84.2 Å². The lowest BCUT2D eigenvalue weighted by atomic mass is 9.65. The first-order valence-corrected chi connectivity index (χ1v) is 34.1. The molecule has 1 saturated carbocycles. The van der Waals surface area contributed by atoms with Crippen molar-refractivity contribution >= 4 is 49.3 Å². The second-order valence-electron chi connectivity index (χ2n) is 24.6. The van der Waals surface area contributed by atoms with Gasteiger partial charge in [0.15, 0.2) is 8.32 Å². The van der Waals surface area contributed by atoms with Gasteiger partial charge in [-0.3, -0.25) is 19.2 Å². The maximum Gasteiger partial charge on any atom is 0.407 e. The number of hydrogen-bond donors (Lipinski definition) is 3. The zero-order valence-corrected chi connectivity index (χ0v) is 52.2. The number of aromatic nitrogens is 1. The first kappa shape index (κ1) is 65.0. The Bertz CT molecular complexity index is 2460. The lowest BCUT2D eigenvalue weighted by molar-refractivity contribution is -0.160. The van der Waals surface area contributed by atoms with Crippen molar-refractivity contribution in [1.82, 2.24) is 25.8 Å². The first-order chi connectivity index (χ1) is 39.3. The number of thiazole rings is 1. The van der Waals surface area contributed by atoms with E-state index in [2.05, 4.69) is 81.9 Å². The van der Waals surface area contributed by atoms with Crippen molar-refractivity contribution in [1.29, 1.82) is 0 Å². The highest BCUT2D eigenvalue weighted by molar-refractivity contribution is 7.10. The minimum atomic E-state index is -2.04. The van der Waals surface area contributed by atoms with Crippen molar-refractivity contribution in [2.75, 3.05) is 79.6 Å². The van der Waals surface area contributed by atoms with Gasteiger partial charge in [0.2, 0.25) is 17.6 Å². The smallest absolute Gasteiger partial charge is 0.407 e. The first-order valence-electron chi connectivity index (χ1n) is 30.4. The molecule has 3 amide bonds. The molecule has 20 heteroatoms. The molecule has 0 unspecified atom stereocenters. The molecule has 3 heterocycles. The van der Waals surface area contributed by atoms with E-state index in [0.717, 1.165) is 69.2 Å². The quantitative estimate of drug-likeness (QED) is 0.0288. The highest BCUT2D eigenvalue weighted by atomic mass is 32.1. The van der Waals surface area contributed by atoms with Crippen LogP contribution in [0.15, 0.2) is 53.4 Å². The van der Waals surface area contributed by atoms with Crippen LogP contribution < -0.4 is 20.7 Å². The van der Waals surface area contributed by atoms with Gasteiger partial charge in [0.05, 0.1) is 77.5 Å². The Balaban J connectivity index is 0.723. The predicted octanol–water partition coefficient (Wildman–Crippen LogP) is 9.53. The summed E-state index contributed by atoms with van der Waals surface area (Å²) in [6, 6.07) is 5.77. The fraction of sp³-hybridized carbons (Fsp3) is 0.710. The van der Waals surface area contributed by atoms with Gasteiger partial charge in [0, 0.05) is 36.4 Å². The van der Waals surface area contributed by atoms with E-state index in [1.807, 2.05) is 4.90 Å². The number of benzene rings is 1. The number of ketones is 1. The Morgan fingerprint density at radius 2 is 1.59 bits per heavy atom. The number of allylic oxidation sites excluding steroid dienone is 3. The van der Waals surface area contributed by atoms with Gasteiger partial charge >= 0.3 is 12.1 Å². The monoisotopic (exact) mass is 1180 g/mol. The molecule has 7 rings (SSSR count). The van der Waals surface area contributed by atoms with Gasteiger partial charge in [0.25, 0.3) is 0 Å². The minimum absolute atomic E-state index is 0.0554. The maximum absolute atomic E-state index is 14.2. The van der Waals surface area contributed by atoms with E-state index < -0.39 is 26.5 Å². The molecule has 10 atom stereocenters. The summed E-state index contributed by atoms with van der Waals surface area (Å²) in [6.07, 6.45) is 15.7. The molecule has 0 bridgehead atoms. The van der Waals surface area contributed by atoms with Crippen LogP contribution >= 0.6 is 11.3 Å². The van der Waals surface area contributed by atoms with Crippen LogP contribution in [0.5, 0.6) is 5.75 Å². The molecule has 3 fully saturated rings. The van der Waals surface area contributed by atoms with Crippen LogP contribution in [0.3, 0.4) is 0 Å². The van der Waals surface area contributed by atoms with E-state index in [-0.39, 0.29) is 89.2 Å². The van der Waals surface area contributed by atoms with E-state index in [4.69, 9.17) is 42.6 Å². The van der Waals surface area contributed by atoms with Crippen LogP contribution in [0.2, 0.25) is 18.1 Å². The Morgan fingerprint density at radius 3 is 2.28 bits per heavy atom. The number of cyclic esters (lactones) is 1. The summed E-state index contributed by atoms with van der Waals surface area (Å²) in [5.74, 6) is 0.831. The van der Waals surface area contributed by atoms with Crippen LogP contribution in [-0.2, 0) is 47.2 Å². The average Bonchev–Trinajstić information content (AvgIpc) is 4.16. The number of hydrogen-bond acceptors (Lipinski definition) is 16. The summed E-state index contributed by atoms with van der Waals surface area (Å²) in [7, 11) is -0.306. The third-order valence-electron chi connectivity index (χ3n) is 17.5. The number of ether oxygens (including phenoxy) is 7. The average molecular weight is 1180 g/mol. The number of amides is 3. The number of nitrogens with one attached hydrogen (secondary N) is 3. The summed E-state index contributed by atoms with van der Waals surface area (Å²) in [5.41, 5.74) is 2.00. The maximum atomic E-state index is 14.2. The van der Waals surface area contributed by atoms with Crippen molar-refractivity contribution in [3.05, 3.63) is 69.7 Å². The second kappa shape index (κ2) is 31.6. The number of likely N-dealkylation sites (N-methyl/N-ethyl adjacent to an activating group) is 1. The highest BCUT2D eigenvalue weighted by Crippen LogP contribution is 2.46. The molecule has 1 aromatic carbocycles. The number of carbonyl (C=O) groups excluding carboxylic acids is 5. The van der Waals surface area contributed by atoms with Crippen LogP contribution in [0.4, 0.5) is 4.79 Å². The number of rotatable bonds is 30. The highest BCUT2D eigenvalue weighted by Gasteiger charge is 2.45. The Hall–Kier alpha value is -4.54. The summed E-state index contributed by atoms with van der Waals surface area (Å²) < 4.78 is 47.3. The zero-order chi connectivity index (χ0) is 58.8. The van der Waals surface area contributed by atoms with Crippen molar-refractivity contribution in [2.24, 2.45) is 29.6 Å². The Labute approximate surface area is 492 Å². The van der Waals surface area contributed by atoms with Crippen LogP contribution in [0.25, 0.3) is 0 Å². The number of esters is 1. The van der Waals surface area contributed by atoms with E-state index >= 15 is 0 Å². The zero-order valence-electron chi connectivity index (χ0n) is 50.3. The topological polar surface area (TPSA) is 211 Å². The van der Waals surface area contributed by atoms with Crippen LogP contribution in [0.1, 0.15) is 146 Å². The van der Waals surface area contributed by atoms with E-state index in [1.165, 1.54) is 16.9 Å². The van der Waals surface area contributed by atoms with Gasteiger partial charge in [-0.2, -0.15) is 0 Å². The molecule has 3 aliphatic carbocycles. The molecule has 2 saturated heterocycles. The molecule has 456 valence electrons. The van der Waals surface area contributed by atoms with Crippen molar-refractivity contribution < 1.29 is 61.6 Å². The van der Waals surface area contributed by atoms with E-state index in [9.17, 15) is 24.0 Å². The molecule has 3 N–H and O–H groups in total. The van der Waals surface area contributed by atoms with Crippen molar-refractivity contribution in [3.63, 3.8) is 0 Å². The molecular formula is C62H95N5O13SSi. The van der Waals surface area contributed by atoms with Crippen LogP contribution in [-0.4, -0.2) is 158 Å². The second-order valence-corrected chi connectivity index (χ2v) is 30.2. The molecule has 2 aromatic rings. The number of nitrogens with zero attached hydrogens (tertiary/aromatic N) is 2. The molecule has 18 nitrogen and oxygen atoms in total. The van der Waals surface area contributed by atoms with Crippen molar-refractivity contribution in [2.45, 2.75) is 173 Å². The largest absolute Gasteiger partial charge is 0.491 e. The molecule has 5 aliphatic rings. The summed E-state index contributed by atoms with van der Waals surface area (Å²) in [6.45, 7) is 21.4. The minimum Gasteiger partial charge on any atom is -0.491 e. The van der Waals surface area contributed by atoms with Gasteiger partial charge in [-0.25, -0.2) is 9.78 Å². The molecule has 0 radical (unpaired) electrons. The fourth-order valence-corrected chi connectivity index (χ4v) is 14.1. The normalized spacial score (nSPS) is 24.9. The lowest BCUT2D eigenvalue weighted by Crippen LogP contribution is -2.55. The number of carbonyl (C=O) groups is 5. The number of alkyl carbamates (subject to hydrolysis) is 1. The number of fused-ring (bicyclic) bond motifs is 1. The number of likely N-dealkylation sites (tertiary alicyclic amines) is 1. The molecular weight excluding hydrogens is 1080 g/mol. The van der Waals surface area contributed by atoms with Crippen LogP contribution in [0, 0.1) is 29.6 Å². The van der Waals surface area contributed by atoms with Gasteiger partial charge in [-0.05, 0) is 118 Å². The molecule has 1 aromatic heterocycles. The summed E-state index contributed by atoms with van der Waals surface area (Å²) in [4.78, 5) is 73.4. The Kier molecular flexibility index (Phi) is 25.0. The molecule has 2 aliphatic heterocycles. The predicted molar refractivity (Wildman–Crippen MR) is 317 cm³/mol. The lowest BCUT2D eigenvalue weighted by Gasteiger charge is -2.44. The molecule has 0 spiro atoms. The standard InChI is InChI=1S/C62H95N5O13SSi/c1-41-35-45-21-20-42(2)50(23-22-48-38-49(39-54(68)78-48)80-82(8,9)62(4,5)6)55(45)53(36-41)79-61(72)64-24-26-73-27-28-74-29-30-75-31-32-76-33-34-77-47-18-13-17-46(37-47)57(69)51-40-81-59(65-51)52-19-14-25-67(52)60(71)56(44-15-11-10-12-16-44)66-58(70)43(3)63-7/h13,17-18,20-21,35,37,40-44,48-50,52-53,55-56,63H,10-12,14-16,19,22-34,36,38-39H2,1-9H3,(H,64,72)(H,66,70)/t41-,42-,43-,48+,49+,50-,52-,53-,55-,56-/m0/s1. The van der Waals surface area contributed by atoms with E-state index in [0.29, 0.717) is 95.8 Å². The van der Waals surface area contributed by atoms with E-state index in [1.54, 1.807) is 43.6 Å². The summed E-state index contributed by atoms with van der Waals surface area (Å²) in [5, 5.41) is 11.5. The Morgan fingerprint density at radius 1 is 0.890 bits per heavy atom. The summed E-state index contributed by atoms with van der Waals surface area (Å²) >= 11 is 1.39. The third-order valence-corrected chi connectivity index (χ3v) is 23.0. The van der Waals surface area contributed by atoms with Crippen molar-refractivity contribution in [3.8, 4) is 5.75 Å². The fourth-order valence-electron chi connectivity index (χ4n) is 11.8. The van der Waals surface area contributed by atoms with Gasteiger partial charge < -0.3 is 58.4 Å². The third kappa shape index (κ3) is 18.7.